The van der Waals surface area contributed by atoms with Gasteiger partial charge < -0.3 is 19.6 Å². The van der Waals surface area contributed by atoms with Gasteiger partial charge in [-0.05, 0) is 13.8 Å². The van der Waals surface area contributed by atoms with Crippen molar-refractivity contribution in [2.75, 3.05) is 13.2 Å². The standard InChI is InChI=1S/C15H24N2O4/c1-6-20-11-7-15(19,14(11,4)5)8-16-13(18)12-9(2)17-10(3)21-12/h11,19H,6-8H2,1-5H3,(H,16,18)/t11-,15+/m0/s1. The number of rotatable bonds is 5. The Bertz CT molecular complexity index is 538. The molecule has 1 saturated carbocycles. The molecule has 118 valence electrons. The first-order valence-electron chi connectivity index (χ1n) is 7.27. The van der Waals surface area contributed by atoms with Gasteiger partial charge in [-0.25, -0.2) is 4.98 Å². The molecule has 1 fully saturated rings. The molecule has 1 amide bonds. The normalized spacial score (nSPS) is 27.2. The summed E-state index contributed by atoms with van der Waals surface area (Å²) in [4.78, 5) is 16.2. The lowest BCUT2D eigenvalue weighted by Gasteiger charge is -2.57. The summed E-state index contributed by atoms with van der Waals surface area (Å²) in [6.07, 6.45) is 0.529. The second-order valence-electron chi connectivity index (χ2n) is 6.23. The molecule has 1 aromatic heterocycles. The van der Waals surface area contributed by atoms with Crippen molar-refractivity contribution in [3.8, 4) is 0 Å². The molecule has 21 heavy (non-hydrogen) atoms. The van der Waals surface area contributed by atoms with E-state index in [1.165, 1.54) is 0 Å². The number of oxazole rings is 1. The first-order chi connectivity index (χ1) is 9.71. The van der Waals surface area contributed by atoms with E-state index in [9.17, 15) is 9.90 Å². The van der Waals surface area contributed by atoms with Crippen LogP contribution in [0.1, 0.15) is 49.3 Å². The van der Waals surface area contributed by atoms with Crippen LogP contribution in [0.3, 0.4) is 0 Å². The quantitative estimate of drug-likeness (QED) is 0.862. The molecule has 0 radical (unpaired) electrons. The summed E-state index contributed by atoms with van der Waals surface area (Å²) in [5, 5.41) is 13.4. The number of hydrogen-bond donors (Lipinski definition) is 2. The second kappa shape index (κ2) is 5.42. The fourth-order valence-electron chi connectivity index (χ4n) is 2.81. The minimum atomic E-state index is -0.967. The Hall–Kier alpha value is -1.40. The Morgan fingerprint density at radius 1 is 1.52 bits per heavy atom. The van der Waals surface area contributed by atoms with Crippen LogP contribution < -0.4 is 5.32 Å². The smallest absolute Gasteiger partial charge is 0.289 e. The highest BCUT2D eigenvalue weighted by Gasteiger charge is 2.60. The summed E-state index contributed by atoms with van der Waals surface area (Å²) >= 11 is 0. The van der Waals surface area contributed by atoms with Crippen LogP contribution in [-0.2, 0) is 4.74 Å². The molecule has 1 aromatic rings. The average molecular weight is 296 g/mol. The van der Waals surface area contributed by atoms with Gasteiger partial charge in [0.2, 0.25) is 5.76 Å². The number of nitrogens with one attached hydrogen (secondary N) is 1. The van der Waals surface area contributed by atoms with Crippen molar-refractivity contribution in [1.29, 1.82) is 0 Å². The van der Waals surface area contributed by atoms with E-state index >= 15 is 0 Å². The van der Waals surface area contributed by atoms with Gasteiger partial charge in [0.15, 0.2) is 5.89 Å². The first-order valence-corrected chi connectivity index (χ1v) is 7.27. The molecule has 0 aliphatic heterocycles. The molecule has 2 atom stereocenters. The fourth-order valence-corrected chi connectivity index (χ4v) is 2.81. The molecule has 2 rings (SSSR count). The van der Waals surface area contributed by atoms with Crippen LogP contribution in [-0.4, -0.2) is 40.9 Å². The second-order valence-corrected chi connectivity index (χ2v) is 6.23. The van der Waals surface area contributed by atoms with Gasteiger partial charge in [0.1, 0.15) is 0 Å². The van der Waals surface area contributed by atoms with Gasteiger partial charge in [0.25, 0.3) is 5.91 Å². The number of carbonyl (C=O) groups excluding carboxylic acids is 1. The number of amides is 1. The van der Waals surface area contributed by atoms with E-state index in [0.29, 0.717) is 24.6 Å². The van der Waals surface area contributed by atoms with Crippen molar-refractivity contribution in [1.82, 2.24) is 10.3 Å². The number of nitrogens with zero attached hydrogens (tertiary/aromatic N) is 1. The number of aliphatic hydroxyl groups is 1. The monoisotopic (exact) mass is 296 g/mol. The van der Waals surface area contributed by atoms with Crippen LogP contribution in [0.2, 0.25) is 0 Å². The predicted molar refractivity (Wildman–Crippen MR) is 77.1 cm³/mol. The number of aryl methyl sites for hydroxylation is 2. The zero-order chi connectivity index (χ0) is 15.8. The molecule has 2 N–H and O–H groups in total. The van der Waals surface area contributed by atoms with Crippen LogP contribution in [0.15, 0.2) is 4.42 Å². The molecular weight excluding hydrogens is 272 g/mol. The summed E-state index contributed by atoms with van der Waals surface area (Å²) in [6, 6.07) is 0. The van der Waals surface area contributed by atoms with Gasteiger partial charge in [0, 0.05) is 31.9 Å². The predicted octanol–water partition coefficient (Wildman–Crippen LogP) is 1.59. The summed E-state index contributed by atoms with van der Waals surface area (Å²) in [7, 11) is 0. The molecule has 0 bridgehead atoms. The minimum absolute atomic E-state index is 0.0127. The van der Waals surface area contributed by atoms with E-state index in [2.05, 4.69) is 10.3 Å². The summed E-state index contributed by atoms with van der Waals surface area (Å²) < 4.78 is 10.9. The molecule has 1 aliphatic rings. The van der Waals surface area contributed by atoms with Gasteiger partial charge in [-0.15, -0.1) is 0 Å². The van der Waals surface area contributed by atoms with Crippen LogP contribution in [0.4, 0.5) is 0 Å². The van der Waals surface area contributed by atoms with E-state index in [1.54, 1.807) is 13.8 Å². The van der Waals surface area contributed by atoms with E-state index in [0.717, 1.165) is 0 Å². The number of ether oxygens (including phenoxy) is 1. The third kappa shape index (κ3) is 2.70. The van der Waals surface area contributed by atoms with Gasteiger partial charge in [0.05, 0.1) is 17.4 Å². The van der Waals surface area contributed by atoms with Crippen LogP contribution >= 0.6 is 0 Å². The van der Waals surface area contributed by atoms with Crippen molar-refractivity contribution in [3.05, 3.63) is 17.3 Å². The molecule has 1 aliphatic carbocycles. The zero-order valence-corrected chi connectivity index (χ0v) is 13.3. The molecule has 0 saturated heterocycles. The molecule has 0 unspecified atom stereocenters. The first kappa shape index (κ1) is 16.0. The average Bonchev–Trinajstić information content (AvgIpc) is 2.75. The third-order valence-corrected chi connectivity index (χ3v) is 4.55. The van der Waals surface area contributed by atoms with E-state index in [4.69, 9.17) is 9.15 Å². The Balaban J connectivity index is 1.97. The highest BCUT2D eigenvalue weighted by atomic mass is 16.5. The van der Waals surface area contributed by atoms with E-state index < -0.39 is 11.0 Å². The van der Waals surface area contributed by atoms with Crippen molar-refractivity contribution >= 4 is 5.91 Å². The van der Waals surface area contributed by atoms with Crippen LogP contribution in [0, 0.1) is 19.3 Å². The van der Waals surface area contributed by atoms with Gasteiger partial charge in [-0.2, -0.15) is 0 Å². The molecule has 0 aromatic carbocycles. The lowest BCUT2D eigenvalue weighted by molar-refractivity contribution is -0.237. The Kier molecular flexibility index (Phi) is 4.13. The summed E-state index contributed by atoms with van der Waals surface area (Å²) in [6.45, 7) is 10.0. The maximum atomic E-state index is 12.1. The molecular formula is C15H24N2O4. The maximum absolute atomic E-state index is 12.1. The Morgan fingerprint density at radius 3 is 2.67 bits per heavy atom. The molecule has 0 spiro atoms. The summed E-state index contributed by atoms with van der Waals surface area (Å²) in [5.41, 5.74) is -0.814. The fraction of sp³-hybridized carbons (Fsp3) is 0.733. The Labute approximate surface area is 124 Å². The molecule has 1 heterocycles. The third-order valence-electron chi connectivity index (χ3n) is 4.55. The van der Waals surface area contributed by atoms with Crippen molar-refractivity contribution in [2.24, 2.45) is 5.41 Å². The maximum Gasteiger partial charge on any atom is 0.289 e. The number of aromatic nitrogens is 1. The highest BCUT2D eigenvalue weighted by Crippen LogP contribution is 2.50. The van der Waals surface area contributed by atoms with Gasteiger partial charge in [-0.3, -0.25) is 4.79 Å². The Morgan fingerprint density at radius 2 is 2.19 bits per heavy atom. The lowest BCUT2D eigenvalue weighted by atomic mass is 9.56. The topological polar surface area (TPSA) is 84.6 Å². The van der Waals surface area contributed by atoms with Gasteiger partial charge >= 0.3 is 0 Å². The largest absolute Gasteiger partial charge is 0.436 e. The number of carbonyl (C=O) groups is 1. The lowest BCUT2D eigenvalue weighted by Crippen LogP contribution is -2.68. The SMILES string of the molecule is CCO[C@H]1C[C@@](O)(CNC(=O)c2oc(C)nc2C)C1(C)C. The summed E-state index contributed by atoms with van der Waals surface area (Å²) in [5.74, 6) is 0.309. The zero-order valence-electron chi connectivity index (χ0n) is 13.3. The number of hydrogen-bond acceptors (Lipinski definition) is 5. The van der Waals surface area contributed by atoms with Crippen molar-refractivity contribution in [3.63, 3.8) is 0 Å². The van der Waals surface area contributed by atoms with Crippen LogP contribution in [0.25, 0.3) is 0 Å². The minimum Gasteiger partial charge on any atom is -0.436 e. The molecule has 6 nitrogen and oxygen atoms in total. The van der Waals surface area contributed by atoms with E-state index in [-0.39, 0.29) is 24.3 Å². The van der Waals surface area contributed by atoms with E-state index in [1.807, 2.05) is 20.8 Å². The van der Waals surface area contributed by atoms with Crippen molar-refractivity contribution in [2.45, 2.75) is 52.7 Å². The highest BCUT2D eigenvalue weighted by molar-refractivity contribution is 5.92. The van der Waals surface area contributed by atoms with Crippen LogP contribution in [0.5, 0.6) is 0 Å². The van der Waals surface area contributed by atoms with Gasteiger partial charge in [-0.1, -0.05) is 13.8 Å². The van der Waals surface area contributed by atoms with Crippen molar-refractivity contribution < 1.29 is 19.1 Å². The molecule has 6 heteroatoms.